The van der Waals surface area contributed by atoms with Crippen molar-refractivity contribution in [2.45, 2.75) is 37.9 Å². The monoisotopic (exact) mass is 301 g/mol. The summed E-state index contributed by atoms with van der Waals surface area (Å²) in [6.07, 6.45) is 2.41. The minimum Gasteiger partial charge on any atom is -0.381 e. The Morgan fingerprint density at radius 2 is 2.00 bits per heavy atom. The van der Waals surface area contributed by atoms with Gasteiger partial charge in [0.15, 0.2) is 9.84 Å². The molecule has 0 bridgehead atoms. The lowest BCUT2D eigenvalue weighted by atomic mass is 10.0. The van der Waals surface area contributed by atoms with Crippen LogP contribution in [0.5, 0.6) is 0 Å². The van der Waals surface area contributed by atoms with Crippen molar-refractivity contribution in [3.63, 3.8) is 0 Å². The fourth-order valence-electron chi connectivity index (χ4n) is 3.37. The topological polar surface area (TPSA) is 63.7 Å². The molecule has 0 N–H and O–H groups in total. The van der Waals surface area contributed by atoms with Gasteiger partial charge < -0.3 is 9.64 Å². The number of nitrogens with zero attached hydrogens (tertiary/aromatic N) is 1. The van der Waals surface area contributed by atoms with Crippen LogP contribution in [0.25, 0.3) is 0 Å². The lowest BCUT2D eigenvalue weighted by Crippen LogP contribution is -2.36. The molecule has 2 unspecified atom stereocenters. The van der Waals surface area contributed by atoms with Crippen molar-refractivity contribution in [3.8, 4) is 0 Å². The molecule has 1 spiro atoms. The maximum absolute atomic E-state index is 12.6. The summed E-state index contributed by atoms with van der Waals surface area (Å²) in [6, 6.07) is 0. The Bertz CT molecular complexity index is 519. The van der Waals surface area contributed by atoms with Gasteiger partial charge >= 0.3 is 0 Å². The summed E-state index contributed by atoms with van der Waals surface area (Å²) >= 11 is 0. The highest BCUT2D eigenvalue weighted by atomic mass is 32.2. The Kier molecular flexibility index (Phi) is 3.18. The van der Waals surface area contributed by atoms with Gasteiger partial charge in [-0.15, -0.1) is 0 Å². The molecule has 2 heterocycles. The quantitative estimate of drug-likeness (QED) is 0.720. The molecule has 114 valence electrons. The molecule has 2 atom stereocenters. The van der Waals surface area contributed by atoms with Crippen molar-refractivity contribution in [3.05, 3.63) is 0 Å². The van der Waals surface area contributed by atoms with E-state index < -0.39 is 14.6 Å². The molecule has 6 heteroatoms. The van der Waals surface area contributed by atoms with E-state index in [2.05, 4.69) is 0 Å². The largest absolute Gasteiger partial charge is 0.381 e. The molecular formula is C14H23NO4S. The van der Waals surface area contributed by atoms with E-state index in [4.69, 9.17) is 4.74 Å². The van der Waals surface area contributed by atoms with Gasteiger partial charge in [0.1, 0.15) is 0 Å². The van der Waals surface area contributed by atoms with E-state index in [1.54, 1.807) is 18.7 Å². The Morgan fingerprint density at radius 3 is 2.65 bits per heavy atom. The molecule has 1 amide bonds. The van der Waals surface area contributed by atoms with E-state index >= 15 is 0 Å². The van der Waals surface area contributed by atoms with Gasteiger partial charge in [-0.1, -0.05) is 0 Å². The van der Waals surface area contributed by atoms with Crippen LogP contribution in [0.2, 0.25) is 0 Å². The van der Waals surface area contributed by atoms with Gasteiger partial charge in [0.05, 0.1) is 17.1 Å². The Balaban J connectivity index is 1.69. The molecule has 1 saturated carbocycles. The third kappa shape index (κ3) is 2.17. The molecule has 0 radical (unpaired) electrons. The summed E-state index contributed by atoms with van der Waals surface area (Å²) in [4.78, 5) is 14.3. The normalized spacial score (nSPS) is 38.7. The first kappa shape index (κ1) is 14.3. The summed E-state index contributed by atoms with van der Waals surface area (Å²) in [5, 5.41) is 0. The van der Waals surface area contributed by atoms with Crippen molar-refractivity contribution in [1.29, 1.82) is 0 Å². The summed E-state index contributed by atoms with van der Waals surface area (Å²) in [5.74, 6) is 0.291. The number of carbonyl (C=O) groups is 1. The number of hydrogen-bond acceptors (Lipinski definition) is 4. The Labute approximate surface area is 120 Å². The average molecular weight is 301 g/mol. The lowest BCUT2D eigenvalue weighted by Gasteiger charge is -2.23. The highest BCUT2D eigenvalue weighted by Crippen LogP contribution is 2.58. The van der Waals surface area contributed by atoms with Crippen molar-refractivity contribution in [2.75, 3.05) is 32.1 Å². The molecule has 0 aromatic rings. The van der Waals surface area contributed by atoms with Crippen LogP contribution in [-0.2, 0) is 19.4 Å². The summed E-state index contributed by atoms with van der Waals surface area (Å²) in [6.45, 7) is 5.88. The van der Waals surface area contributed by atoms with Crippen LogP contribution < -0.4 is 0 Å². The number of sulfone groups is 1. The number of amides is 1. The van der Waals surface area contributed by atoms with E-state index in [0.29, 0.717) is 26.1 Å². The van der Waals surface area contributed by atoms with Gasteiger partial charge in [-0.3, -0.25) is 4.79 Å². The number of hydrogen-bond donors (Lipinski definition) is 0. The maximum atomic E-state index is 12.6. The van der Waals surface area contributed by atoms with Crippen molar-refractivity contribution in [2.24, 2.45) is 11.3 Å². The third-order valence-corrected chi connectivity index (χ3v) is 8.00. The molecular weight excluding hydrogens is 278 g/mol. The summed E-state index contributed by atoms with van der Waals surface area (Å²) < 4.78 is 29.0. The zero-order valence-corrected chi connectivity index (χ0v) is 13.0. The Hall–Kier alpha value is -0.620. The van der Waals surface area contributed by atoms with Gasteiger partial charge in [0.2, 0.25) is 5.91 Å². The molecule has 0 aromatic carbocycles. The first-order valence-corrected chi connectivity index (χ1v) is 9.02. The first-order chi connectivity index (χ1) is 9.28. The lowest BCUT2D eigenvalue weighted by molar-refractivity contribution is -0.133. The van der Waals surface area contributed by atoms with Gasteiger partial charge in [0, 0.05) is 31.0 Å². The second kappa shape index (κ2) is 4.44. The second-order valence-electron chi connectivity index (χ2n) is 7.08. The number of ether oxygens (including phenoxy) is 1. The molecule has 2 aliphatic heterocycles. The number of carbonyl (C=O) groups excluding carboxylic acids is 1. The molecule has 2 saturated heterocycles. The third-order valence-electron chi connectivity index (χ3n) is 5.39. The molecule has 3 rings (SSSR count). The predicted molar refractivity (Wildman–Crippen MR) is 75.0 cm³/mol. The van der Waals surface area contributed by atoms with Crippen molar-refractivity contribution < 1.29 is 17.9 Å². The molecule has 3 fully saturated rings. The minimum absolute atomic E-state index is 0.0638. The predicted octanol–water partition coefficient (Wildman–Crippen LogP) is 0.839. The van der Waals surface area contributed by atoms with E-state index in [-0.39, 0.29) is 23.0 Å². The van der Waals surface area contributed by atoms with Crippen molar-refractivity contribution in [1.82, 2.24) is 4.90 Å². The first-order valence-electron chi connectivity index (χ1n) is 7.36. The maximum Gasteiger partial charge on any atom is 0.226 e. The van der Waals surface area contributed by atoms with Crippen LogP contribution in [0.4, 0.5) is 0 Å². The standard InChI is InChI=1S/C14H23NO4S/c1-13(2)3-5-15(6-8-20(13,17)18)12(16)11-9-14(11)4-7-19-10-14/h11H,3-10H2,1-2H3. The highest BCUT2D eigenvalue weighted by Gasteiger charge is 2.60. The average Bonchev–Trinajstić information content (AvgIpc) is 2.88. The van der Waals surface area contributed by atoms with Crippen LogP contribution in [-0.4, -0.2) is 56.0 Å². The number of rotatable bonds is 1. The zero-order chi connectivity index (χ0) is 14.6. The molecule has 20 heavy (non-hydrogen) atoms. The van der Waals surface area contributed by atoms with Crippen LogP contribution in [0.1, 0.15) is 33.1 Å². The van der Waals surface area contributed by atoms with Crippen LogP contribution >= 0.6 is 0 Å². The van der Waals surface area contributed by atoms with Gasteiger partial charge in [-0.2, -0.15) is 0 Å². The van der Waals surface area contributed by atoms with Crippen molar-refractivity contribution >= 4 is 15.7 Å². The summed E-state index contributed by atoms with van der Waals surface area (Å²) in [7, 11) is -3.12. The van der Waals surface area contributed by atoms with E-state index in [0.717, 1.165) is 19.4 Å². The van der Waals surface area contributed by atoms with Gasteiger partial charge in [-0.25, -0.2) is 8.42 Å². The zero-order valence-electron chi connectivity index (χ0n) is 12.2. The fraction of sp³-hybridized carbons (Fsp3) is 0.929. The molecule has 5 nitrogen and oxygen atoms in total. The molecule has 1 aliphatic carbocycles. The van der Waals surface area contributed by atoms with Crippen LogP contribution in [0, 0.1) is 11.3 Å². The highest BCUT2D eigenvalue weighted by molar-refractivity contribution is 7.92. The smallest absolute Gasteiger partial charge is 0.226 e. The van der Waals surface area contributed by atoms with E-state index in [1.807, 2.05) is 0 Å². The van der Waals surface area contributed by atoms with Gasteiger partial charge in [0.25, 0.3) is 0 Å². The van der Waals surface area contributed by atoms with Crippen LogP contribution in [0.3, 0.4) is 0 Å². The SMILES string of the molecule is CC1(C)CCN(C(=O)C2CC23CCOC3)CCS1(=O)=O. The Morgan fingerprint density at radius 1 is 1.25 bits per heavy atom. The van der Waals surface area contributed by atoms with Gasteiger partial charge in [-0.05, 0) is 33.1 Å². The second-order valence-corrected chi connectivity index (χ2v) is 9.82. The van der Waals surface area contributed by atoms with Crippen LogP contribution in [0.15, 0.2) is 0 Å². The molecule has 0 aromatic heterocycles. The molecule has 3 aliphatic rings. The summed E-state index contributed by atoms with van der Waals surface area (Å²) in [5.41, 5.74) is 0.0811. The van der Waals surface area contributed by atoms with E-state index in [1.165, 1.54) is 0 Å². The van der Waals surface area contributed by atoms with E-state index in [9.17, 15) is 13.2 Å². The fourth-order valence-corrected chi connectivity index (χ4v) is 4.79. The minimum atomic E-state index is -3.12.